The summed E-state index contributed by atoms with van der Waals surface area (Å²) in [5.41, 5.74) is 2.61. The lowest BCUT2D eigenvalue weighted by Gasteiger charge is -2.21. The van der Waals surface area contributed by atoms with Crippen LogP contribution in [0.1, 0.15) is 32.8 Å². The zero-order valence-corrected chi connectivity index (χ0v) is 11.0. The topological polar surface area (TPSA) is 55.4 Å². The van der Waals surface area contributed by atoms with Gasteiger partial charge in [0, 0.05) is 6.92 Å². The van der Waals surface area contributed by atoms with E-state index in [0.717, 1.165) is 6.42 Å². The Balaban J connectivity index is 2.48. The number of hydrogen-bond acceptors (Lipinski definition) is 3. The summed E-state index contributed by atoms with van der Waals surface area (Å²) in [6.07, 6.45) is 1.46. The number of rotatable bonds is 4. The average molecular weight is 249 g/mol. The molecule has 4 heteroatoms. The van der Waals surface area contributed by atoms with Gasteiger partial charge in [-0.1, -0.05) is 30.3 Å². The minimum absolute atomic E-state index is 0.387. The maximum Gasteiger partial charge on any atom is 0.337 e. The van der Waals surface area contributed by atoms with Gasteiger partial charge in [-0.25, -0.2) is 4.79 Å². The summed E-state index contributed by atoms with van der Waals surface area (Å²) in [4.78, 5) is 27.1. The van der Waals surface area contributed by atoms with Crippen LogP contribution in [0.25, 0.3) is 0 Å². The molecule has 0 aliphatic carbocycles. The molecule has 0 atom stereocenters. The van der Waals surface area contributed by atoms with Crippen LogP contribution >= 0.6 is 0 Å². The number of amides is 1. The molecule has 0 unspecified atom stereocenters. The Kier molecular flexibility index (Phi) is 4.89. The molecule has 0 spiro atoms. The summed E-state index contributed by atoms with van der Waals surface area (Å²) in [5.74, 6) is -0.809. The molecular weight excluding hydrogens is 230 g/mol. The first-order valence-electron chi connectivity index (χ1n) is 5.93. The summed E-state index contributed by atoms with van der Waals surface area (Å²) < 4.78 is 0. The smallest absolute Gasteiger partial charge is 0.337 e. The van der Waals surface area contributed by atoms with Crippen LogP contribution in [0.3, 0.4) is 0 Å². The lowest BCUT2D eigenvalue weighted by atomic mass is 9.86. The zero-order chi connectivity index (χ0) is 13.6. The summed E-state index contributed by atoms with van der Waals surface area (Å²) in [6, 6.07) is 9.94. The van der Waals surface area contributed by atoms with Gasteiger partial charge < -0.3 is 4.84 Å². The minimum Gasteiger partial charge on any atom is -0.340 e. The monoisotopic (exact) mass is 249 g/mol. The lowest BCUT2D eigenvalue weighted by Crippen LogP contribution is -2.34. The third-order valence-electron chi connectivity index (χ3n) is 2.72. The molecule has 0 saturated carbocycles. The van der Waals surface area contributed by atoms with Crippen LogP contribution in [-0.2, 0) is 20.8 Å². The van der Waals surface area contributed by atoms with E-state index in [1.165, 1.54) is 12.5 Å². The van der Waals surface area contributed by atoms with Gasteiger partial charge in [0.25, 0.3) is 0 Å². The van der Waals surface area contributed by atoms with Gasteiger partial charge in [-0.3, -0.25) is 4.79 Å². The Bertz CT molecular complexity index is 412. The van der Waals surface area contributed by atoms with Crippen LogP contribution in [0.15, 0.2) is 30.3 Å². The van der Waals surface area contributed by atoms with E-state index in [1.807, 2.05) is 30.3 Å². The Morgan fingerprint density at radius 2 is 1.83 bits per heavy atom. The van der Waals surface area contributed by atoms with E-state index in [-0.39, 0.29) is 5.91 Å². The van der Waals surface area contributed by atoms with Gasteiger partial charge in [0.2, 0.25) is 5.91 Å². The van der Waals surface area contributed by atoms with Crippen LogP contribution in [0.5, 0.6) is 0 Å². The predicted molar refractivity (Wildman–Crippen MR) is 68.5 cm³/mol. The molecule has 0 aliphatic heterocycles. The fraction of sp³-hybridized carbons (Fsp3) is 0.429. The molecule has 1 rings (SSSR count). The van der Waals surface area contributed by atoms with Gasteiger partial charge in [0.05, 0.1) is 5.41 Å². The van der Waals surface area contributed by atoms with E-state index in [4.69, 9.17) is 4.84 Å². The third-order valence-corrected chi connectivity index (χ3v) is 2.72. The second kappa shape index (κ2) is 6.19. The first-order valence-corrected chi connectivity index (χ1v) is 5.93. The number of carbonyl (C=O) groups excluding carboxylic acids is 2. The summed E-state index contributed by atoms with van der Waals surface area (Å²) >= 11 is 0. The van der Waals surface area contributed by atoms with Gasteiger partial charge in [-0.05, 0) is 32.3 Å². The normalized spacial score (nSPS) is 10.8. The maximum atomic E-state index is 11.8. The number of hydroxylamine groups is 1. The summed E-state index contributed by atoms with van der Waals surface area (Å²) in [5, 5.41) is 0. The summed E-state index contributed by atoms with van der Waals surface area (Å²) in [6.45, 7) is 4.91. The lowest BCUT2D eigenvalue weighted by molar-refractivity contribution is -0.166. The highest BCUT2D eigenvalue weighted by Gasteiger charge is 2.29. The number of carbonyl (C=O) groups is 2. The highest BCUT2D eigenvalue weighted by Crippen LogP contribution is 2.24. The van der Waals surface area contributed by atoms with Crippen molar-refractivity contribution >= 4 is 11.9 Å². The highest BCUT2D eigenvalue weighted by molar-refractivity contribution is 5.79. The molecular formula is C14H19NO3. The molecule has 0 saturated heterocycles. The second-order valence-corrected chi connectivity index (χ2v) is 4.92. The van der Waals surface area contributed by atoms with Gasteiger partial charge in [0.15, 0.2) is 0 Å². The fourth-order valence-electron chi connectivity index (χ4n) is 1.46. The van der Waals surface area contributed by atoms with Gasteiger partial charge in [0.1, 0.15) is 0 Å². The Hall–Kier alpha value is -1.84. The van der Waals surface area contributed by atoms with Crippen molar-refractivity contribution in [2.75, 3.05) is 0 Å². The zero-order valence-electron chi connectivity index (χ0n) is 11.0. The number of benzene rings is 1. The first kappa shape index (κ1) is 14.2. The van der Waals surface area contributed by atoms with Gasteiger partial charge in [-0.2, -0.15) is 5.48 Å². The van der Waals surface area contributed by atoms with Gasteiger partial charge >= 0.3 is 5.97 Å². The van der Waals surface area contributed by atoms with Crippen LogP contribution in [0.2, 0.25) is 0 Å². The molecule has 18 heavy (non-hydrogen) atoms. The molecule has 0 aliphatic rings. The number of nitrogens with one attached hydrogen (secondary N) is 1. The van der Waals surface area contributed by atoms with E-state index in [2.05, 4.69) is 5.48 Å². The summed E-state index contributed by atoms with van der Waals surface area (Å²) in [7, 11) is 0. The molecule has 98 valence electrons. The van der Waals surface area contributed by atoms with Crippen molar-refractivity contribution in [3.63, 3.8) is 0 Å². The number of hydrogen-bond donors (Lipinski definition) is 1. The quantitative estimate of drug-likeness (QED) is 0.833. The van der Waals surface area contributed by atoms with E-state index < -0.39 is 11.4 Å². The second-order valence-electron chi connectivity index (χ2n) is 4.92. The first-order chi connectivity index (χ1) is 8.42. The molecule has 0 radical (unpaired) electrons. The van der Waals surface area contributed by atoms with Crippen LogP contribution in [-0.4, -0.2) is 11.9 Å². The van der Waals surface area contributed by atoms with Crippen molar-refractivity contribution < 1.29 is 14.4 Å². The molecule has 1 aromatic carbocycles. The van der Waals surface area contributed by atoms with Crippen molar-refractivity contribution in [3.05, 3.63) is 35.9 Å². The Labute approximate surface area is 107 Å². The van der Waals surface area contributed by atoms with Gasteiger partial charge in [-0.15, -0.1) is 0 Å². The molecule has 1 amide bonds. The van der Waals surface area contributed by atoms with E-state index in [0.29, 0.717) is 6.42 Å². The molecule has 1 aromatic rings. The highest BCUT2D eigenvalue weighted by atomic mass is 16.7. The van der Waals surface area contributed by atoms with E-state index >= 15 is 0 Å². The van der Waals surface area contributed by atoms with Crippen LogP contribution in [0.4, 0.5) is 0 Å². The van der Waals surface area contributed by atoms with Crippen molar-refractivity contribution in [1.29, 1.82) is 0 Å². The largest absolute Gasteiger partial charge is 0.340 e. The average Bonchev–Trinajstić information content (AvgIpc) is 2.34. The standard InChI is InChI=1S/C14H19NO3/c1-11(16)15-18-13(17)14(2,3)10-9-12-7-5-4-6-8-12/h4-8H,9-10H2,1-3H3,(H,15,16). The van der Waals surface area contributed by atoms with Crippen molar-refractivity contribution in [1.82, 2.24) is 5.48 Å². The Morgan fingerprint density at radius 1 is 1.22 bits per heavy atom. The van der Waals surface area contributed by atoms with Crippen molar-refractivity contribution in [2.24, 2.45) is 5.41 Å². The molecule has 1 N–H and O–H groups in total. The molecule has 0 heterocycles. The molecule has 0 aromatic heterocycles. The van der Waals surface area contributed by atoms with Crippen LogP contribution < -0.4 is 5.48 Å². The molecule has 4 nitrogen and oxygen atoms in total. The molecule has 0 bridgehead atoms. The van der Waals surface area contributed by atoms with E-state index in [9.17, 15) is 9.59 Å². The number of aryl methyl sites for hydroxylation is 1. The SMILES string of the molecule is CC(=O)NOC(=O)C(C)(C)CCc1ccccc1. The minimum atomic E-state index is -0.627. The molecule has 0 fully saturated rings. The van der Waals surface area contributed by atoms with Crippen molar-refractivity contribution in [3.8, 4) is 0 Å². The third kappa shape index (κ3) is 4.57. The van der Waals surface area contributed by atoms with Crippen molar-refractivity contribution in [2.45, 2.75) is 33.6 Å². The maximum absolute atomic E-state index is 11.8. The fourth-order valence-corrected chi connectivity index (χ4v) is 1.46. The Morgan fingerprint density at radius 3 is 2.39 bits per heavy atom. The van der Waals surface area contributed by atoms with Crippen LogP contribution in [0, 0.1) is 5.41 Å². The predicted octanol–water partition coefficient (Wildman–Crippen LogP) is 2.24. The van der Waals surface area contributed by atoms with E-state index in [1.54, 1.807) is 13.8 Å².